The lowest BCUT2D eigenvalue weighted by Gasteiger charge is -2.14. The first kappa shape index (κ1) is 16.9. The summed E-state index contributed by atoms with van der Waals surface area (Å²) in [6.45, 7) is 6.12. The van der Waals surface area contributed by atoms with E-state index in [-0.39, 0.29) is 12.2 Å². The predicted octanol–water partition coefficient (Wildman–Crippen LogP) is 5.29. The van der Waals surface area contributed by atoms with Crippen molar-refractivity contribution in [2.45, 2.75) is 27.4 Å². The van der Waals surface area contributed by atoms with E-state index in [0.717, 1.165) is 16.9 Å². The second kappa shape index (κ2) is 7.18. The van der Waals surface area contributed by atoms with Crippen LogP contribution in [0.4, 0.5) is 0 Å². The molecule has 5 nitrogen and oxygen atoms in total. The maximum absolute atomic E-state index is 11.9. The van der Waals surface area contributed by atoms with Crippen LogP contribution in [0.25, 0.3) is 10.4 Å². The number of ether oxygens (including phenoxy) is 1. The molecule has 0 unspecified atom stereocenters. The molecule has 0 spiro atoms. The zero-order chi connectivity index (χ0) is 17.0. The van der Waals surface area contributed by atoms with E-state index in [1.54, 1.807) is 18.2 Å². The summed E-state index contributed by atoms with van der Waals surface area (Å²) in [5.41, 5.74) is 12.5. The van der Waals surface area contributed by atoms with Gasteiger partial charge in [0.15, 0.2) is 0 Å². The number of hydrogen-bond donors (Lipinski definition) is 0. The van der Waals surface area contributed by atoms with Gasteiger partial charge in [-0.25, -0.2) is 0 Å². The highest BCUT2D eigenvalue weighted by molar-refractivity contribution is 6.31. The lowest BCUT2D eigenvalue weighted by molar-refractivity contribution is 0.0998. The summed E-state index contributed by atoms with van der Waals surface area (Å²) in [5.74, 6) is 0.0561. The lowest BCUT2D eigenvalue weighted by atomic mass is 10.1. The van der Waals surface area contributed by atoms with Crippen LogP contribution in [0.1, 0.15) is 32.6 Å². The van der Waals surface area contributed by atoms with E-state index in [1.165, 1.54) is 5.56 Å². The molecule has 6 heteroatoms. The average molecular weight is 330 g/mol. The van der Waals surface area contributed by atoms with Crippen molar-refractivity contribution < 1.29 is 9.53 Å². The molecule has 0 aromatic heterocycles. The topological polar surface area (TPSA) is 75.1 Å². The first-order valence-corrected chi connectivity index (χ1v) is 7.39. The van der Waals surface area contributed by atoms with Gasteiger partial charge in [-0.15, -0.1) is 0 Å². The predicted molar refractivity (Wildman–Crippen MR) is 89.9 cm³/mol. The molecule has 2 aromatic rings. The number of hydrogen-bond acceptors (Lipinski definition) is 2. The Labute approximate surface area is 139 Å². The number of nitrogens with zero attached hydrogens (tertiary/aromatic N) is 3. The van der Waals surface area contributed by atoms with Crippen molar-refractivity contribution in [3.8, 4) is 5.75 Å². The number of rotatable bonds is 4. The highest BCUT2D eigenvalue weighted by atomic mass is 35.5. The molecular formula is C17H16ClN3O2. The van der Waals surface area contributed by atoms with E-state index >= 15 is 0 Å². The molecule has 0 atom stereocenters. The molecule has 1 amide bonds. The molecule has 118 valence electrons. The molecule has 0 aliphatic heterocycles. The number of amides is 1. The van der Waals surface area contributed by atoms with Crippen molar-refractivity contribution in [1.29, 1.82) is 0 Å². The normalized spacial score (nSPS) is 10.1. The van der Waals surface area contributed by atoms with Gasteiger partial charge in [0, 0.05) is 21.1 Å². The molecule has 2 aromatic carbocycles. The van der Waals surface area contributed by atoms with Crippen LogP contribution in [0.2, 0.25) is 5.02 Å². The van der Waals surface area contributed by atoms with Gasteiger partial charge in [0.1, 0.15) is 12.4 Å². The Hall–Kier alpha value is -2.49. The highest BCUT2D eigenvalue weighted by Crippen LogP contribution is 2.26. The van der Waals surface area contributed by atoms with Gasteiger partial charge in [-0.1, -0.05) is 29.8 Å². The highest BCUT2D eigenvalue weighted by Gasteiger charge is 2.14. The summed E-state index contributed by atoms with van der Waals surface area (Å²) in [6.07, 6.45) is 0. The Kier molecular flexibility index (Phi) is 5.27. The van der Waals surface area contributed by atoms with E-state index in [0.29, 0.717) is 10.6 Å². The number of halogens is 1. The SMILES string of the molecule is Cc1cc(C)c(OCc2c(Cl)cccc2C(=O)N=[N+]=[N-])cc1C. The van der Waals surface area contributed by atoms with Crippen LogP contribution >= 0.6 is 11.6 Å². The van der Waals surface area contributed by atoms with Gasteiger partial charge in [0.05, 0.1) is 0 Å². The molecule has 23 heavy (non-hydrogen) atoms. The van der Waals surface area contributed by atoms with Gasteiger partial charge in [0.2, 0.25) is 5.91 Å². The van der Waals surface area contributed by atoms with Crippen LogP contribution in [0.5, 0.6) is 5.75 Å². The second-order valence-electron chi connectivity index (χ2n) is 5.25. The number of aryl methyl sites for hydroxylation is 3. The molecule has 0 saturated carbocycles. The summed E-state index contributed by atoms with van der Waals surface area (Å²) in [4.78, 5) is 14.4. The summed E-state index contributed by atoms with van der Waals surface area (Å²) in [6, 6.07) is 8.86. The van der Waals surface area contributed by atoms with Crippen molar-refractivity contribution in [3.05, 3.63) is 73.6 Å². The molecule has 0 fully saturated rings. The largest absolute Gasteiger partial charge is 0.489 e. The Morgan fingerprint density at radius 3 is 2.61 bits per heavy atom. The second-order valence-corrected chi connectivity index (χ2v) is 5.66. The minimum absolute atomic E-state index is 0.116. The fourth-order valence-electron chi connectivity index (χ4n) is 2.24. The van der Waals surface area contributed by atoms with Gasteiger partial charge in [-0.2, -0.15) is 0 Å². The number of carbonyl (C=O) groups is 1. The average Bonchev–Trinajstić information content (AvgIpc) is 2.50. The summed E-state index contributed by atoms with van der Waals surface area (Å²) in [7, 11) is 0. The van der Waals surface area contributed by atoms with Crippen LogP contribution < -0.4 is 4.74 Å². The van der Waals surface area contributed by atoms with E-state index in [1.807, 2.05) is 32.9 Å². The molecule has 0 heterocycles. The third-order valence-corrected chi connectivity index (χ3v) is 4.00. The van der Waals surface area contributed by atoms with Crippen molar-refractivity contribution >= 4 is 17.5 Å². The number of benzene rings is 2. The Balaban J connectivity index is 2.32. The first-order chi connectivity index (χ1) is 10.9. The molecule has 0 aliphatic carbocycles. The van der Waals surface area contributed by atoms with Crippen molar-refractivity contribution in [3.63, 3.8) is 0 Å². The van der Waals surface area contributed by atoms with Crippen LogP contribution in [0.15, 0.2) is 35.4 Å². The van der Waals surface area contributed by atoms with Gasteiger partial charge >= 0.3 is 0 Å². The molecule has 0 aliphatic rings. The molecule has 0 bridgehead atoms. The van der Waals surface area contributed by atoms with Crippen LogP contribution in [-0.2, 0) is 6.61 Å². The third kappa shape index (κ3) is 3.83. The quantitative estimate of drug-likeness (QED) is 0.434. The third-order valence-electron chi connectivity index (χ3n) is 3.65. The van der Waals surface area contributed by atoms with Gasteiger partial charge in [-0.05, 0) is 60.2 Å². The fraction of sp³-hybridized carbons (Fsp3) is 0.235. The minimum atomic E-state index is -0.676. The van der Waals surface area contributed by atoms with Gasteiger partial charge in [-0.3, -0.25) is 4.79 Å². The van der Waals surface area contributed by atoms with E-state index in [9.17, 15) is 4.79 Å². The number of azide groups is 1. The van der Waals surface area contributed by atoms with E-state index in [4.69, 9.17) is 21.9 Å². The first-order valence-electron chi connectivity index (χ1n) is 7.01. The molecule has 2 rings (SSSR count). The summed E-state index contributed by atoms with van der Waals surface area (Å²) < 4.78 is 5.84. The zero-order valence-corrected chi connectivity index (χ0v) is 13.9. The molecule has 0 saturated heterocycles. The van der Waals surface area contributed by atoms with Crippen LogP contribution in [0.3, 0.4) is 0 Å². The Morgan fingerprint density at radius 1 is 1.22 bits per heavy atom. The summed E-state index contributed by atoms with van der Waals surface area (Å²) in [5, 5.41) is 3.52. The smallest absolute Gasteiger partial charge is 0.249 e. The molecular weight excluding hydrogens is 314 g/mol. The van der Waals surface area contributed by atoms with Crippen molar-refractivity contribution in [1.82, 2.24) is 0 Å². The van der Waals surface area contributed by atoms with Crippen LogP contribution in [0, 0.1) is 20.8 Å². The zero-order valence-electron chi connectivity index (χ0n) is 13.1. The van der Waals surface area contributed by atoms with Gasteiger partial charge < -0.3 is 4.74 Å². The Bertz CT molecular complexity index is 812. The van der Waals surface area contributed by atoms with Crippen molar-refractivity contribution in [2.24, 2.45) is 5.11 Å². The lowest BCUT2D eigenvalue weighted by Crippen LogP contribution is -2.06. The minimum Gasteiger partial charge on any atom is -0.489 e. The maximum Gasteiger partial charge on any atom is 0.249 e. The van der Waals surface area contributed by atoms with E-state index in [2.05, 4.69) is 10.0 Å². The van der Waals surface area contributed by atoms with Gasteiger partial charge in [0.25, 0.3) is 0 Å². The fourth-order valence-corrected chi connectivity index (χ4v) is 2.47. The monoisotopic (exact) mass is 329 g/mol. The Morgan fingerprint density at radius 2 is 1.91 bits per heavy atom. The maximum atomic E-state index is 11.9. The standard InChI is InChI=1S/C17H16ClN3O2/c1-10-7-12(3)16(8-11(10)2)23-9-14-13(17(22)20-21-19)5-4-6-15(14)18/h4-8H,9H2,1-3H3. The molecule has 0 N–H and O–H groups in total. The van der Waals surface area contributed by atoms with Crippen molar-refractivity contribution in [2.75, 3.05) is 0 Å². The van der Waals surface area contributed by atoms with E-state index < -0.39 is 5.91 Å². The molecule has 0 radical (unpaired) electrons. The number of carbonyl (C=O) groups excluding carboxylic acids is 1. The summed E-state index contributed by atoms with van der Waals surface area (Å²) >= 11 is 6.17. The van der Waals surface area contributed by atoms with Crippen LogP contribution in [-0.4, -0.2) is 5.91 Å².